The van der Waals surface area contributed by atoms with Gasteiger partial charge >= 0.3 is 0 Å². The molecule has 0 unspecified atom stereocenters. The minimum atomic E-state index is -0.382. The summed E-state index contributed by atoms with van der Waals surface area (Å²) >= 11 is 0. The number of rotatable bonds is 1. The van der Waals surface area contributed by atoms with Crippen molar-refractivity contribution in [3.63, 3.8) is 0 Å². The largest absolute Gasteiger partial charge is 0.387 e. The maximum atomic E-state index is 11.3. The van der Waals surface area contributed by atoms with Gasteiger partial charge in [-0.3, -0.25) is 4.79 Å². The number of aliphatic hydroxyl groups excluding tert-OH is 1. The summed E-state index contributed by atoms with van der Waals surface area (Å²) in [5.74, 6) is -0.168. The fourth-order valence-corrected chi connectivity index (χ4v) is 1.95. The van der Waals surface area contributed by atoms with Crippen molar-refractivity contribution in [2.45, 2.75) is 19.4 Å². The Bertz CT molecular complexity index is 204. The summed E-state index contributed by atoms with van der Waals surface area (Å²) < 4.78 is 0. The molecule has 0 aromatic heterocycles. The average Bonchev–Trinajstić information content (AvgIpc) is 2.01. The predicted molar refractivity (Wildman–Crippen MR) is 50.4 cm³/mol. The van der Waals surface area contributed by atoms with Gasteiger partial charge in [0.15, 0.2) is 0 Å². The molecule has 1 amide bonds. The van der Waals surface area contributed by atoms with Crippen molar-refractivity contribution in [3.8, 4) is 0 Å². The van der Waals surface area contributed by atoms with Gasteiger partial charge in [0, 0.05) is 19.6 Å². The molecular formula is C9H18N2O2. The van der Waals surface area contributed by atoms with Crippen LogP contribution in [0.3, 0.4) is 0 Å². The lowest BCUT2D eigenvalue weighted by Gasteiger charge is -2.45. The van der Waals surface area contributed by atoms with Crippen LogP contribution in [0.1, 0.15) is 13.8 Å². The van der Waals surface area contributed by atoms with E-state index < -0.39 is 0 Å². The predicted octanol–water partition coefficient (Wildman–Crippen LogP) is -0.469. The highest BCUT2D eigenvalue weighted by Gasteiger charge is 2.34. The number of carbonyl (C=O) groups is 1. The number of carbonyl (C=O) groups excluding carboxylic acids is 1. The van der Waals surface area contributed by atoms with Gasteiger partial charge in [-0.1, -0.05) is 0 Å². The minimum absolute atomic E-state index is 0.160. The van der Waals surface area contributed by atoms with Crippen LogP contribution in [0.25, 0.3) is 0 Å². The molecule has 1 aliphatic rings. The van der Waals surface area contributed by atoms with Gasteiger partial charge in [0.1, 0.15) is 6.61 Å². The normalized spacial score (nSPS) is 23.2. The van der Waals surface area contributed by atoms with Crippen molar-refractivity contribution in [2.24, 2.45) is 0 Å². The second-order valence-corrected chi connectivity index (χ2v) is 4.25. The standard InChI is InChI=1S/C9H18N2O2/c1-9(2)7-10(3)4-5-11(9)8(13)6-12/h12H,4-7H2,1-3H3. The molecule has 1 aliphatic heterocycles. The lowest BCUT2D eigenvalue weighted by Crippen LogP contribution is -2.60. The first kappa shape index (κ1) is 10.5. The molecule has 0 saturated carbocycles. The number of hydrogen-bond acceptors (Lipinski definition) is 3. The molecule has 1 rings (SSSR count). The number of hydrogen-bond donors (Lipinski definition) is 1. The molecular weight excluding hydrogens is 168 g/mol. The molecule has 1 heterocycles. The third kappa shape index (κ3) is 2.19. The lowest BCUT2D eigenvalue weighted by molar-refractivity contribution is -0.143. The quantitative estimate of drug-likeness (QED) is 0.602. The summed E-state index contributed by atoms with van der Waals surface area (Å²) in [6.07, 6.45) is 0. The zero-order valence-corrected chi connectivity index (χ0v) is 8.58. The first-order valence-electron chi connectivity index (χ1n) is 4.57. The fraction of sp³-hybridized carbons (Fsp3) is 0.889. The van der Waals surface area contributed by atoms with Crippen LogP contribution in [0.5, 0.6) is 0 Å². The lowest BCUT2D eigenvalue weighted by atomic mass is 9.99. The smallest absolute Gasteiger partial charge is 0.248 e. The van der Waals surface area contributed by atoms with Crippen molar-refractivity contribution in [2.75, 3.05) is 33.3 Å². The van der Waals surface area contributed by atoms with Crippen LogP contribution in [0, 0.1) is 0 Å². The van der Waals surface area contributed by atoms with E-state index in [0.29, 0.717) is 6.54 Å². The van der Waals surface area contributed by atoms with E-state index in [2.05, 4.69) is 4.90 Å². The van der Waals surface area contributed by atoms with Gasteiger partial charge in [-0.05, 0) is 20.9 Å². The van der Waals surface area contributed by atoms with E-state index in [1.165, 1.54) is 0 Å². The number of piperazine rings is 1. The number of likely N-dealkylation sites (N-methyl/N-ethyl adjacent to an activating group) is 1. The first-order valence-corrected chi connectivity index (χ1v) is 4.57. The van der Waals surface area contributed by atoms with Crippen LogP contribution in [0.15, 0.2) is 0 Å². The Morgan fingerprint density at radius 1 is 1.46 bits per heavy atom. The van der Waals surface area contributed by atoms with Gasteiger partial charge < -0.3 is 14.9 Å². The Labute approximate surface area is 79.1 Å². The third-order valence-corrected chi connectivity index (χ3v) is 2.53. The van der Waals surface area contributed by atoms with E-state index in [4.69, 9.17) is 5.11 Å². The topological polar surface area (TPSA) is 43.8 Å². The van der Waals surface area contributed by atoms with Crippen LogP contribution < -0.4 is 0 Å². The third-order valence-electron chi connectivity index (χ3n) is 2.53. The summed E-state index contributed by atoms with van der Waals surface area (Å²) in [7, 11) is 2.04. The molecule has 1 saturated heterocycles. The van der Waals surface area contributed by atoms with Gasteiger partial charge in [-0.15, -0.1) is 0 Å². The van der Waals surface area contributed by atoms with Crippen molar-refractivity contribution < 1.29 is 9.90 Å². The summed E-state index contributed by atoms with van der Waals surface area (Å²) in [5, 5.41) is 8.78. The maximum absolute atomic E-state index is 11.3. The van der Waals surface area contributed by atoms with E-state index in [0.717, 1.165) is 13.1 Å². The second-order valence-electron chi connectivity index (χ2n) is 4.25. The second kappa shape index (κ2) is 3.64. The molecule has 13 heavy (non-hydrogen) atoms. The number of amides is 1. The monoisotopic (exact) mass is 186 g/mol. The molecule has 0 aliphatic carbocycles. The Morgan fingerprint density at radius 2 is 2.08 bits per heavy atom. The van der Waals surface area contributed by atoms with Gasteiger partial charge in [-0.25, -0.2) is 0 Å². The van der Waals surface area contributed by atoms with Crippen LogP contribution >= 0.6 is 0 Å². The first-order chi connectivity index (χ1) is 5.97. The molecule has 0 radical (unpaired) electrons. The van der Waals surface area contributed by atoms with Gasteiger partial charge in [0.05, 0.1) is 5.54 Å². The van der Waals surface area contributed by atoms with Gasteiger partial charge in [0.2, 0.25) is 5.91 Å². The van der Waals surface area contributed by atoms with Crippen molar-refractivity contribution >= 4 is 5.91 Å². The maximum Gasteiger partial charge on any atom is 0.248 e. The average molecular weight is 186 g/mol. The van der Waals surface area contributed by atoms with Crippen LogP contribution in [-0.2, 0) is 4.79 Å². The highest BCUT2D eigenvalue weighted by atomic mass is 16.3. The molecule has 1 N–H and O–H groups in total. The van der Waals surface area contributed by atoms with Crippen molar-refractivity contribution in [1.82, 2.24) is 9.80 Å². The molecule has 0 aromatic carbocycles. The molecule has 0 spiro atoms. The molecule has 1 fully saturated rings. The van der Waals surface area contributed by atoms with E-state index in [9.17, 15) is 4.79 Å². The summed E-state index contributed by atoms with van der Waals surface area (Å²) in [4.78, 5) is 15.3. The zero-order valence-electron chi connectivity index (χ0n) is 8.58. The molecule has 4 heteroatoms. The van der Waals surface area contributed by atoms with Crippen LogP contribution in [-0.4, -0.2) is 59.6 Å². The Morgan fingerprint density at radius 3 is 2.54 bits per heavy atom. The summed E-state index contributed by atoms with van der Waals surface area (Å²) in [6, 6.07) is 0. The Kier molecular flexibility index (Phi) is 2.93. The number of aliphatic hydroxyl groups is 1. The van der Waals surface area contributed by atoms with E-state index in [1.54, 1.807) is 4.90 Å². The SMILES string of the molecule is CN1CCN(C(=O)CO)C(C)(C)C1. The fourth-order valence-electron chi connectivity index (χ4n) is 1.95. The molecule has 0 atom stereocenters. The highest BCUT2D eigenvalue weighted by molar-refractivity contribution is 5.78. The van der Waals surface area contributed by atoms with Crippen LogP contribution in [0.4, 0.5) is 0 Å². The Balaban J connectivity index is 2.69. The van der Waals surface area contributed by atoms with Crippen molar-refractivity contribution in [3.05, 3.63) is 0 Å². The summed E-state index contributed by atoms with van der Waals surface area (Å²) in [6.45, 7) is 6.12. The molecule has 76 valence electrons. The van der Waals surface area contributed by atoms with Gasteiger partial charge in [0.25, 0.3) is 0 Å². The number of nitrogens with zero attached hydrogens (tertiary/aromatic N) is 2. The Hall–Kier alpha value is -0.610. The molecule has 0 bridgehead atoms. The summed E-state index contributed by atoms with van der Waals surface area (Å²) in [5.41, 5.74) is -0.160. The van der Waals surface area contributed by atoms with Crippen molar-refractivity contribution in [1.29, 1.82) is 0 Å². The minimum Gasteiger partial charge on any atom is -0.387 e. The van der Waals surface area contributed by atoms with Gasteiger partial charge in [-0.2, -0.15) is 0 Å². The highest BCUT2D eigenvalue weighted by Crippen LogP contribution is 2.19. The van der Waals surface area contributed by atoms with Crippen LogP contribution in [0.2, 0.25) is 0 Å². The molecule has 4 nitrogen and oxygen atoms in total. The van der Waals surface area contributed by atoms with E-state index >= 15 is 0 Å². The van der Waals surface area contributed by atoms with E-state index in [1.807, 2.05) is 20.9 Å². The zero-order chi connectivity index (χ0) is 10.1. The molecule has 0 aromatic rings. The van der Waals surface area contributed by atoms with E-state index in [-0.39, 0.29) is 18.1 Å².